The Morgan fingerprint density at radius 2 is 1.69 bits per heavy atom. The number of amides is 1. The maximum atomic E-state index is 14.2. The zero-order valence-corrected chi connectivity index (χ0v) is 22.8. The van der Waals surface area contributed by atoms with Crippen molar-refractivity contribution in [2.24, 2.45) is 7.05 Å². The highest BCUT2D eigenvalue weighted by Gasteiger charge is 2.33. The minimum Gasteiger partial charge on any atom is -0.392 e. The number of nitrogens with one attached hydrogen (secondary N) is 1. The average Bonchev–Trinajstić information content (AvgIpc) is 3.42. The number of anilines is 1. The van der Waals surface area contributed by atoms with E-state index in [-0.39, 0.29) is 18.4 Å². The van der Waals surface area contributed by atoms with E-state index in [1.807, 2.05) is 29.9 Å². The van der Waals surface area contributed by atoms with Crippen LogP contribution in [0.1, 0.15) is 45.9 Å². The first-order valence-corrected chi connectivity index (χ1v) is 13.7. The third-order valence-electron chi connectivity index (χ3n) is 6.64. The molecular weight excluding hydrogens is 581 g/mol. The van der Waals surface area contributed by atoms with Gasteiger partial charge in [-0.25, -0.2) is 26.9 Å². The number of hydrogen-bond donors (Lipinski definition) is 2. The normalized spacial score (nSPS) is 18.7. The highest BCUT2D eigenvalue weighted by molar-refractivity contribution is 7.99. The van der Waals surface area contributed by atoms with Gasteiger partial charge in [0.25, 0.3) is 5.91 Å². The van der Waals surface area contributed by atoms with E-state index < -0.39 is 53.0 Å². The number of nitrogens with zero attached hydrogens (tertiary/aromatic N) is 2. The van der Waals surface area contributed by atoms with Crippen LogP contribution in [-0.2, 0) is 23.1 Å². The number of thioether (sulfide) groups is 1. The average molecular weight is 606 g/mol. The molecule has 1 amide bonds. The summed E-state index contributed by atoms with van der Waals surface area (Å²) in [4.78, 5) is 16.9. The highest BCUT2D eigenvalue weighted by atomic mass is 32.2. The lowest BCUT2D eigenvalue weighted by Crippen LogP contribution is -2.31. The van der Waals surface area contributed by atoms with Crippen molar-refractivity contribution in [2.45, 2.75) is 36.7 Å². The van der Waals surface area contributed by atoms with Gasteiger partial charge in [-0.05, 0) is 23.3 Å². The summed E-state index contributed by atoms with van der Waals surface area (Å²) in [6, 6.07) is 13.3. The Kier molecular flexibility index (Phi) is 8.92. The SMILES string of the molecule is Cn1ccnc1SC[C@@H]1C[C@H](c2ccc(CO)cc2)O[C@H](c2cccc(NC(=O)c3c(F)c(F)c(F)c(F)c3F)c2)O1. The summed E-state index contributed by atoms with van der Waals surface area (Å²) < 4.78 is 83.4. The first-order valence-electron chi connectivity index (χ1n) is 12.7. The van der Waals surface area contributed by atoms with Crippen LogP contribution in [0.5, 0.6) is 0 Å². The van der Waals surface area contributed by atoms with E-state index in [1.165, 1.54) is 30.0 Å². The summed E-state index contributed by atoms with van der Waals surface area (Å²) in [5.41, 5.74) is 0.445. The molecule has 7 nitrogen and oxygen atoms in total. The predicted octanol–water partition coefficient (Wildman–Crippen LogP) is 6.20. The molecule has 4 aromatic rings. The van der Waals surface area contributed by atoms with Crippen LogP contribution in [0, 0.1) is 29.1 Å². The maximum absolute atomic E-state index is 14.2. The quantitative estimate of drug-likeness (QED) is 0.108. The van der Waals surface area contributed by atoms with Crippen molar-refractivity contribution >= 4 is 23.4 Å². The van der Waals surface area contributed by atoms with Gasteiger partial charge in [0.15, 0.2) is 34.7 Å². The summed E-state index contributed by atoms with van der Waals surface area (Å²) in [6.07, 6.45) is 2.37. The van der Waals surface area contributed by atoms with Crippen LogP contribution in [0.2, 0.25) is 0 Å². The monoisotopic (exact) mass is 605 g/mol. The van der Waals surface area contributed by atoms with Crippen molar-refractivity contribution < 1.29 is 41.3 Å². The van der Waals surface area contributed by atoms with Gasteiger partial charge in [0.2, 0.25) is 5.82 Å². The number of ether oxygens (including phenoxy) is 2. The predicted molar refractivity (Wildman–Crippen MR) is 143 cm³/mol. The van der Waals surface area contributed by atoms with Crippen molar-refractivity contribution in [3.8, 4) is 0 Å². The largest absolute Gasteiger partial charge is 0.392 e. The van der Waals surface area contributed by atoms with Crippen molar-refractivity contribution in [3.05, 3.63) is 112 Å². The lowest BCUT2D eigenvalue weighted by molar-refractivity contribution is -0.245. The molecule has 0 spiro atoms. The smallest absolute Gasteiger partial charge is 0.261 e. The van der Waals surface area contributed by atoms with Crippen LogP contribution >= 0.6 is 11.8 Å². The van der Waals surface area contributed by atoms with Crippen molar-refractivity contribution in [3.63, 3.8) is 0 Å². The van der Waals surface area contributed by atoms with Crippen LogP contribution in [0.4, 0.5) is 27.6 Å². The molecule has 1 fully saturated rings. The third-order valence-corrected chi connectivity index (χ3v) is 7.83. The van der Waals surface area contributed by atoms with Gasteiger partial charge in [-0.3, -0.25) is 4.79 Å². The summed E-state index contributed by atoms with van der Waals surface area (Å²) in [6.45, 7) is -0.107. The lowest BCUT2D eigenvalue weighted by Gasteiger charge is -2.36. The minimum absolute atomic E-state index is 0.0157. The number of aliphatic hydroxyl groups is 1. The van der Waals surface area contributed by atoms with E-state index in [1.54, 1.807) is 24.4 Å². The number of benzene rings is 3. The maximum Gasteiger partial charge on any atom is 0.261 e. The molecule has 1 aromatic heterocycles. The fourth-order valence-electron chi connectivity index (χ4n) is 4.44. The Morgan fingerprint density at radius 3 is 2.33 bits per heavy atom. The van der Waals surface area contributed by atoms with Gasteiger partial charge in [0.1, 0.15) is 5.56 Å². The molecule has 1 aliphatic heterocycles. The number of aryl methyl sites for hydroxylation is 1. The molecular formula is C29H24F5N3O4S. The van der Waals surface area contributed by atoms with E-state index in [0.29, 0.717) is 17.7 Å². The molecule has 2 heterocycles. The van der Waals surface area contributed by atoms with Crippen molar-refractivity contribution in [1.82, 2.24) is 9.55 Å². The van der Waals surface area contributed by atoms with Crippen LogP contribution in [0.25, 0.3) is 0 Å². The molecule has 5 rings (SSSR count). The van der Waals surface area contributed by atoms with Crippen LogP contribution < -0.4 is 5.32 Å². The molecule has 0 unspecified atom stereocenters. The molecule has 1 saturated heterocycles. The van der Waals surface area contributed by atoms with Crippen LogP contribution in [-0.4, -0.2) is 32.4 Å². The number of aromatic nitrogens is 2. The van der Waals surface area contributed by atoms with E-state index in [9.17, 15) is 31.9 Å². The fourth-order valence-corrected chi connectivity index (χ4v) is 5.39. The second-order valence-corrected chi connectivity index (χ2v) is 10.5. The number of imidazole rings is 1. The van der Waals surface area contributed by atoms with Gasteiger partial charge >= 0.3 is 0 Å². The zero-order chi connectivity index (χ0) is 30.0. The Balaban J connectivity index is 1.39. The Morgan fingerprint density at radius 1 is 1.00 bits per heavy atom. The second-order valence-electron chi connectivity index (χ2n) is 9.51. The van der Waals surface area contributed by atoms with E-state index in [4.69, 9.17) is 9.47 Å². The Bertz CT molecular complexity index is 1570. The first kappa shape index (κ1) is 29.7. The number of halogens is 5. The number of carbonyl (C=O) groups is 1. The Labute approximate surface area is 241 Å². The molecule has 2 N–H and O–H groups in total. The van der Waals surface area contributed by atoms with Gasteiger partial charge in [-0.15, -0.1) is 0 Å². The number of aliphatic hydroxyl groups excluding tert-OH is 1. The fraction of sp³-hybridized carbons (Fsp3) is 0.241. The van der Waals surface area contributed by atoms with Crippen LogP contribution in [0.3, 0.4) is 0 Å². The van der Waals surface area contributed by atoms with Gasteiger partial charge in [0, 0.05) is 42.9 Å². The summed E-state index contributed by atoms with van der Waals surface area (Å²) in [7, 11) is 1.88. The summed E-state index contributed by atoms with van der Waals surface area (Å²) >= 11 is 1.50. The second kappa shape index (κ2) is 12.6. The molecule has 13 heteroatoms. The molecule has 3 atom stereocenters. The standard InChI is InChI=1S/C29H24F5N3O4S/c1-37-10-9-35-29(37)42-14-19-12-20(16-7-5-15(13-38)6-8-16)41-28(40-19)17-3-2-4-18(11-17)36-27(39)21-22(30)24(32)26(34)25(33)23(21)31/h2-11,19-20,28,38H,12-14H2,1H3,(H,36,39)/t19-,20+,28+/m0/s1. The van der Waals surface area contributed by atoms with Crippen LogP contribution in [0.15, 0.2) is 66.1 Å². The van der Waals surface area contributed by atoms with Gasteiger partial charge in [0.05, 0.1) is 18.8 Å². The molecule has 0 radical (unpaired) electrons. The number of hydrogen-bond acceptors (Lipinski definition) is 6. The van der Waals surface area contributed by atoms with E-state index >= 15 is 0 Å². The van der Waals surface area contributed by atoms with E-state index in [2.05, 4.69) is 10.3 Å². The molecule has 3 aromatic carbocycles. The highest BCUT2D eigenvalue weighted by Crippen LogP contribution is 2.40. The van der Waals surface area contributed by atoms with Gasteiger partial charge in [-0.2, -0.15) is 0 Å². The Hall–Kier alpha value is -3.78. The molecule has 0 saturated carbocycles. The zero-order valence-electron chi connectivity index (χ0n) is 22.0. The molecule has 1 aliphatic rings. The summed E-state index contributed by atoms with van der Waals surface area (Å²) in [5.74, 6) is -12.2. The molecule has 0 aliphatic carbocycles. The lowest BCUT2D eigenvalue weighted by atomic mass is 10.0. The summed E-state index contributed by atoms with van der Waals surface area (Å²) in [5, 5.41) is 12.4. The first-order chi connectivity index (χ1) is 20.2. The van der Waals surface area contributed by atoms with E-state index in [0.717, 1.165) is 16.3 Å². The van der Waals surface area contributed by atoms with Crippen molar-refractivity contribution in [1.29, 1.82) is 0 Å². The van der Waals surface area contributed by atoms with Gasteiger partial charge in [-0.1, -0.05) is 48.2 Å². The minimum atomic E-state index is -2.36. The number of rotatable bonds is 8. The topological polar surface area (TPSA) is 85.6 Å². The molecule has 220 valence electrons. The molecule has 42 heavy (non-hydrogen) atoms. The number of carbonyl (C=O) groups excluding carboxylic acids is 1. The van der Waals surface area contributed by atoms with Gasteiger partial charge < -0.3 is 24.5 Å². The molecule has 0 bridgehead atoms. The third kappa shape index (κ3) is 6.19. The van der Waals surface area contributed by atoms with Crippen molar-refractivity contribution in [2.75, 3.05) is 11.1 Å².